The second kappa shape index (κ2) is 8.27. The summed E-state index contributed by atoms with van der Waals surface area (Å²) in [7, 11) is 0. The van der Waals surface area contributed by atoms with Crippen LogP contribution in [0.2, 0.25) is 5.02 Å². The number of rotatable bonds is 5. The Morgan fingerprint density at radius 2 is 1.71 bits per heavy atom. The molecule has 0 saturated heterocycles. The number of nitrogens with one attached hydrogen (secondary N) is 1. The fraction of sp³-hybridized carbons (Fsp3) is 0.190. The predicted molar refractivity (Wildman–Crippen MR) is 108 cm³/mol. The number of hydrogen-bond acceptors (Lipinski definition) is 4. The lowest BCUT2D eigenvalue weighted by molar-refractivity contribution is -0.123. The molecule has 0 spiro atoms. The van der Waals surface area contributed by atoms with E-state index in [9.17, 15) is 9.59 Å². The van der Waals surface area contributed by atoms with E-state index in [4.69, 9.17) is 16.3 Å². The maximum atomic E-state index is 12.7. The van der Waals surface area contributed by atoms with Gasteiger partial charge in [0.1, 0.15) is 5.56 Å². The van der Waals surface area contributed by atoms with E-state index < -0.39 is 18.0 Å². The molecule has 0 aliphatic carbocycles. The second-order valence-corrected chi connectivity index (χ2v) is 6.72. The van der Waals surface area contributed by atoms with E-state index in [2.05, 4.69) is 10.4 Å². The van der Waals surface area contributed by atoms with Gasteiger partial charge in [-0.2, -0.15) is 5.10 Å². The van der Waals surface area contributed by atoms with Crippen LogP contribution in [0.1, 0.15) is 28.7 Å². The van der Waals surface area contributed by atoms with Gasteiger partial charge in [0.2, 0.25) is 0 Å². The summed E-state index contributed by atoms with van der Waals surface area (Å²) < 4.78 is 7.05. The maximum Gasteiger partial charge on any atom is 0.342 e. The summed E-state index contributed by atoms with van der Waals surface area (Å²) in [6, 6.07) is 16.3. The minimum absolute atomic E-state index is 0.348. The molecule has 1 unspecified atom stereocenters. The predicted octanol–water partition coefficient (Wildman–Crippen LogP) is 4.33. The van der Waals surface area contributed by atoms with Crippen LogP contribution in [-0.4, -0.2) is 27.8 Å². The van der Waals surface area contributed by atoms with Crippen molar-refractivity contribution in [3.05, 3.63) is 76.6 Å². The molecule has 0 bridgehead atoms. The Morgan fingerprint density at radius 1 is 1.07 bits per heavy atom. The first-order valence-electron chi connectivity index (χ1n) is 8.76. The number of halogens is 1. The summed E-state index contributed by atoms with van der Waals surface area (Å²) >= 11 is 6.04. The van der Waals surface area contributed by atoms with Gasteiger partial charge in [0.05, 0.1) is 27.8 Å². The Morgan fingerprint density at radius 3 is 2.39 bits per heavy atom. The SMILES string of the molecule is Cc1nn(-c2ccccc2)c(C)c1C(=O)OC(C)C(=O)Nc1ccccc1Cl. The highest BCUT2D eigenvalue weighted by atomic mass is 35.5. The Bertz CT molecular complexity index is 1010. The first-order chi connectivity index (χ1) is 13.4. The third-order valence-corrected chi connectivity index (χ3v) is 4.61. The van der Waals surface area contributed by atoms with E-state index >= 15 is 0 Å². The number of carbonyl (C=O) groups is 2. The lowest BCUT2D eigenvalue weighted by atomic mass is 10.2. The van der Waals surface area contributed by atoms with E-state index in [0.29, 0.717) is 27.7 Å². The highest BCUT2D eigenvalue weighted by Gasteiger charge is 2.25. The molecular weight excluding hydrogens is 378 g/mol. The van der Waals surface area contributed by atoms with Crippen LogP contribution < -0.4 is 5.32 Å². The van der Waals surface area contributed by atoms with Crippen molar-refractivity contribution in [2.24, 2.45) is 0 Å². The number of amides is 1. The average molecular weight is 398 g/mol. The number of para-hydroxylation sites is 2. The van der Waals surface area contributed by atoms with E-state index in [1.165, 1.54) is 6.92 Å². The van der Waals surface area contributed by atoms with Gasteiger partial charge in [-0.15, -0.1) is 0 Å². The number of ether oxygens (including phenoxy) is 1. The van der Waals surface area contributed by atoms with Crippen molar-refractivity contribution in [1.29, 1.82) is 0 Å². The van der Waals surface area contributed by atoms with Crippen LogP contribution in [-0.2, 0) is 9.53 Å². The molecule has 1 heterocycles. The number of aromatic nitrogens is 2. The van der Waals surface area contributed by atoms with Crippen LogP contribution in [0.25, 0.3) is 5.69 Å². The molecule has 144 valence electrons. The molecule has 0 saturated carbocycles. The Balaban J connectivity index is 1.75. The molecule has 1 amide bonds. The van der Waals surface area contributed by atoms with Gasteiger partial charge in [0.25, 0.3) is 5.91 Å². The standard InChI is InChI=1S/C21H20ClN3O3/c1-13-19(14(2)25(24-13)16-9-5-4-6-10-16)21(27)28-15(3)20(26)23-18-12-8-7-11-17(18)22/h4-12,15H,1-3H3,(H,23,26). The lowest BCUT2D eigenvalue weighted by Crippen LogP contribution is -2.30. The first-order valence-corrected chi connectivity index (χ1v) is 9.14. The summed E-state index contributed by atoms with van der Waals surface area (Å²) in [5, 5.41) is 7.50. The molecule has 2 aromatic carbocycles. The minimum Gasteiger partial charge on any atom is -0.449 e. The summed E-state index contributed by atoms with van der Waals surface area (Å²) in [5.74, 6) is -1.06. The van der Waals surface area contributed by atoms with Crippen LogP contribution in [0.15, 0.2) is 54.6 Å². The molecule has 3 aromatic rings. The molecule has 0 radical (unpaired) electrons. The van der Waals surface area contributed by atoms with E-state index in [1.807, 2.05) is 30.3 Å². The van der Waals surface area contributed by atoms with Gasteiger partial charge in [-0.05, 0) is 45.0 Å². The molecular formula is C21H20ClN3O3. The summed E-state index contributed by atoms with van der Waals surface area (Å²) in [4.78, 5) is 25.0. The molecule has 1 N–H and O–H groups in total. The van der Waals surface area contributed by atoms with Gasteiger partial charge in [-0.1, -0.05) is 41.9 Å². The van der Waals surface area contributed by atoms with Gasteiger partial charge in [-0.25, -0.2) is 9.48 Å². The molecule has 0 aliphatic rings. The number of carbonyl (C=O) groups excluding carboxylic acids is 2. The number of nitrogens with zero attached hydrogens (tertiary/aromatic N) is 2. The number of esters is 1. The minimum atomic E-state index is -0.998. The van der Waals surface area contributed by atoms with Crippen LogP contribution in [0.4, 0.5) is 5.69 Å². The van der Waals surface area contributed by atoms with Crippen LogP contribution >= 0.6 is 11.6 Å². The summed E-state index contributed by atoms with van der Waals surface area (Å²) in [6.07, 6.45) is -0.998. The van der Waals surface area contributed by atoms with Crippen molar-refractivity contribution >= 4 is 29.2 Å². The maximum absolute atomic E-state index is 12.7. The van der Waals surface area contributed by atoms with Crippen molar-refractivity contribution in [3.8, 4) is 5.69 Å². The first kappa shape index (κ1) is 19.6. The average Bonchev–Trinajstić information content (AvgIpc) is 2.98. The molecule has 0 fully saturated rings. The lowest BCUT2D eigenvalue weighted by Gasteiger charge is -2.14. The summed E-state index contributed by atoms with van der Waals surface area (Å²) in [5.41, 5.74) is 2.83. The zero-order valence-electron chi connectivity index (χ0n) is 15.8. The molecule has 7 heteroatoms. The third kappa shape index (κ3) is 4.07. The summed E-state index contributed by atoms with van der Waals surface area (Å²) in [6.45, 7) is 5.03. The van der Waals surface area contributed by atoms with Crippen LogP contribution in [0.5, 0.6) is 0 Å². The zero-order chi connectivity index (χ0) is 20.3. The van der Waals surface area contributed by atoms with Crippen molar-refractivity contribution in [2.75, 3.05) is 5.32 Å². The van der Waals surface area contributed by atoms with Gasteiger partial charge < -0.3 is 10.1 Å². The molecule has 1 aromatic heterocycles. The van der Waals surface area contributed by atoms with Gasteiger partial charge in [0.15, 0.2) is 6.10 Å². The van der Waals surface area contributed by atoms with Gasteiger partial charge in [-0.3, -0.25) is 4.79 Å². The smallest absolute Gasteiger partial charge is 0.342 e. The Hall–Kier alpha value is -3.12. The molecule has 28 heavy (non-hydrogen) atoms. The van der Waals surface area contributed by atoms with E-state index in [0.717, 1.165) is 5.69 Å². The van der Waals surface area contributed by atoms with Crippen molar-refractivity contribution in [2.45, 2.75) is 26.9 Å². The van der Waals surface area contributed by atoms with Crippen LogP contribution in [0.3, 0.4) is 0 Å². The fourth-order valence-electron chi connectivity index (χ4n) is 2.83. The quantitative estimate of drug-likeness (QED) is 0.650. The zero-order valence-corrected chi connectivity index (χ0v) is 16.5. The largest absolute Gasteiger partial charge is 0.449 e. The van der Waals surface area contributed by atoms with E-state index in [1.54, 1.807) is 42.8 Å². The van der Waals surface area contributed by atoms with Crippen molar-refractivity contribution in [1.82, 2.24) is 9.78 Å². The Labute approximate surface area is 168 Å². The monoisotopic (exact) mass is 397 g/mol. The topological polar surface area (TPSA) is 73.2 Å². The fourth-order valence-corrected chi connectivity index (χ4v) is 3.01. The van der Waals surface area contributed by atoms with Crippen molar-refractivity contribution < 1.29 is 14.3 Å². The number of hydrogen-bond donors (Lipinski definition) is 1. The number of benzene rings is 2. The van der Waals surface area contributed by atoms with Gasteiger partial charge in [0, 0.05) is 0 Å². The Kier molecular flexibility index (Phi) is 5.80. The van der Waals surface area contributed by atoms with E-state index in [-0.39, 0.29) is 0 Å². The molecule has 6 nitrogen and oxygen atoms in total. The molecule has 0 aliphatic heterocycles. The highest BCUT2D eigenvalue weighted by Crippen LogP contribution is 2.22. The molecule has 3 rings (SSSR count). The van der Waals surface area contributed by atoms with Crippen molar-refractivity contribution in [3.63, 3.8) is 0 Å². The second-order valence-electron chi connectivity index (χ2n) is 6.31. The van der Waals surface area contributed by atoms with Crippen LogP contribution in [0, 0.1) is 13.8 Å². The van der Waals surface area contributed by atoms with Gasteiger partial charge >= 0.3 is 5.97 Å². The highest BCUT2D eigenvalue weighted by molar-refractivity contribution is 6.33. The number of aryl methyl sites for hydroxylation is 1. The third-order valence-electron chi connectivity index (χ3n) is 4.28. The number of anilines is 1. The molecule has 1 atom stereocenters. The normalized spacial score (nSPS) is 11.7.